The Kier molecular flexibility index (Phi) is 3.60. The van der Waals surface area contributed by atoms with Gasteiger partial charge in [-0.2, -0.15) is 0 Å². The molecule has 3 heteroatoms. The minimum absolute atomic E-state index is 0.202. The Morgan fingerprint density at radius 3 is 2.80 bits per heavy atom. The molecule has 1 aliphatic heterocycles. The highest BCUT2D eigenvalue weighted by Gasteiger charge is 2.65. The van der Waals surface area contributed by atoms with E-state index < -0.39 is 6.29 Å². The summed E-state index contributed by atoms with van der Waals surface area (Å²) in [5, 5.41) is 10.0. The van der Waals surface area contributed by atoms with Crippen LogP contribution in [0.3, 0.4) is 0 Å². The van der Waals surface area contributed by atoms with Crippen LogP contribution in [0.4, 0.5) is 0 Å². The molecule has 0 radical (unpaired) electrons. The van der Waals surface area contributed by atoms with Gasteiger partial charge < -0.3 is 9.84 Å². The quantitative estimate of drug-likeness (QED) is 0.728. The van der Waals surface area contributed by atoms with E-state index in [0.29, 0.717) is 17.6 Å². The molecule has 0 aromatic rings. The second-order valence-electron chi connectivity index (χ2n) is 9.15. The van der Waals surface area contributed by atoms with E-state index in [0.717, 1.165) is 43.9 Å². The first-order valence-electron chi connectivity index (χ1n) is 10.4. The van der Waals surface area contributed by atoms with Crippen LogP contribution >= 0.6 is 0 Å². The number of hydrogen-bond donors (Lipinski definition) is 1. The lowest BCUT2D eigenvalue weighted by atomic mass is 9.49. The number of fused-ring (bicyclic) bond motifs is 6. The van der Waals surface area contributed by atoms with E-state index in [9.17, 15) is 9.90 Å². The van der Waals surface area contributed by atoms with Crippen LogP contribution in [0.15, 0.2) is 23.8 Å². The summed E-state index contributed by atoms with van der Waals surface area (Å²) in [4.78, 5) is 11.8. The molecule has 0 amide bonds. The molecule has 4 aliphatic carbocycles. The largest absolute Gasteiger partial charge is 0.365 e. The predicted octanol–water partition coefficient (Wildman–Crippen LogP) is 4.16. The van der Waals surface area contributed by atoms with Gasteiger partial charge in [0.05, 0.1) is 5.60 Å². The average molecular weight is 342 g/mol. The van der Waals surface area contributed by atoms with E-state index >= 15 is 0 Å². The van der Waals surface area contributed by atoms with Crippen LogP contribution in [0.25, 0.3) is 0 Å². The van der Waals surface area contributed by atoms with Crippen LogP contribution in [0.5, 0.6) is 0 Å². The van der Waals surface area contributed by atoms with E-state index in [4.69, 9.17) is 4.74 Å². The SMILES string of the molecule is CC[C@]12CCC3C(CCC4=CC(=O)CC[C@@H]43)C1CC[C@@]21C=CC(O)O1. The monoisotopic (exact) mass is 342 g/mol. The van der Waals surface area contributed by atoms with Crippen molar-refractivity contribution in [2.45, 2.75) is 76.6 Å². The number of allylic oxidation sites excluding steroid dienone is 1. The minimum atomic E-state index is -0.717. The molecule has 0 aromatic heterocycles. The van der Waals surface area contributed by atoms with Crippen molar-refractivity contribution in [2.24, 2.45) is 29.1 Å². The Morgan fingerprint density at radius 2 is 2.04 bits per heavy atom. The second-order valence-corrected chi connectivity index (χ2v) is 9.15. The summed E-state index contributed by atoms with van der Waals surface area (Å²) in [6.45, 7) is 2.33. The molecule has 5 rings (SSSR count). The van der Waals surface area contributed by atoms with E-state index in [1.165, 1.54) is 31.3 Å². The lowest BCUT2D eigenvalue weighted by Gasteiger charge is -2.56. The highest BCUT2D eigenvalue weighted by Crippen LogP contribution is 2.68. The van der Waals surface area contributed by atoms with Crippen molar-refractivity contribution in [2.75, 3.05) is 0 Å². The molecule has 5 aliphatic rings. The van der Waals surface area contributed by atoms with Crippen molar-refractivity contribution < 1.29 is 14.6 Å². The fraction of sp³-hybridized carbons (Fsp3) is 0.773. The zero-order valence-electron chi connectivity index (χ0n) is 15.2. The van der Waals surface area contributed by atoms with Crippen LogP contribution < -0.4 is 0 Å². The Balaban J connectivity index is 1.48. The molecule has 1 heterocycles. The summed E-state index contributed by atoms with van der Waals surface area (Å²) in [6.07, 6.45) is 15.5. The summed E-state index contributed by atoms with van der Waals surface area (Å²) >= 11 is 0. The van der Waals surface area contributed by atoms with Crippen LogP contribution in [0.2, 0.25) is 0 Å². The highest BCUT2D eigenvalue weighted by molar-refractivity contribution is 5.91. The third-order valence-corrected chi connectivity index (χ3v) is 8.67. The molecule has 0 aromatic carbocycles. The summed E-state index contributed by atoms with van der Waals surface area (Å²) in [5.41, 5.74) is 1.44. The van der Waals surface area contributed by atoms with E-state index in [1.54, 1.807) is 0 Å². The smallest absolute Gasteiger partial charge is 0.175 e. The Hall–Kier alpha value is -0.930. The Bertz CT molecular complexity index is 650. The minimum Gasteiger partial charge on any atom is -0.365 e. The number of carbonyl (C=O) groups excluding carboxylic acids is 1. The van der Waals surface area contributed by atoms with Crippen molar-refractivity contribution in [3.05, 3.63) is 23.8 Å². The molecular formula is C22H30O3. The molecule has 1 N–H and O–H groups in total. The van der Waals surface area contributed by atoms with Crippen molar-refractivity contribution >= 4 is 5.78 Å². The van der Waals surface area contributed by atoms with Gasteiger partial charge >= 0.3 is 0 Å². The van der Waals surface area contributed by atoms with Gasteiger partial charge in [0.2, 0.25) is 0 Å². The Labute approximate surface area is 150 Å². The lowest BCUT2D eigenvalue weighted by Crippen LogP contribution is -2.53. The molecule has 7 atom stereocenters. The highest BCUT2D eigenvalue weighted by atomic mass is 16.6. The predicted molar refractivity (Wildman–Crippen MR) is 95.7 cm³/mol. The molecule has 0 saturated heterocycles. The standard InChI is InChI=1S/C22H30O3/c1-2-21-10-7-17-16-6-4-15(23)13-14(16)3-5-18(17)19(21)8-11-22(21)12-9-20(24)25-22/h9,12-13,16-20,24H,2-8,10-11H2,1H3/t16-,17?,18?,19?,20?,21-,22+/m0/s1. The molecular weight excluding hydrogens is 312 g/mol. The molecule has 25 heavy (non-hydrogen) atoms. The van der Waals surface area contributed by atoms with Gasteiger partial charge in [-0.25, -0.2) is 0 Å². The fourth-order valence-electron chi connectivity index (χ4n) is 7.73. The average Bonchev–Trinajstić information content (AvgIpc) is 3.16. The maximum absolute atomic E-state index is 11.8. The molecule has 3 nitrogen and oxygen atoms in total. The fourth-order valence-corrected chi connectivity index (χ4v) is 7.73. The number of rotatable bonds is 1. The van der Waals surface area contributed by atoms with Crippen molar-refractivity contribution in [3.8, 4) is 0 Å². The molecule has 3 saturated carbocycles. The van der Waals surface area contributed by atoms with E-state index in [2.05, 4.69) is 13.0 Å². The van der Waals surface area contributed by atoms with Gasteiger partial charge in [-0.1, -0.05) is 18.6 Å². The third-order valence-electron chi connectivity index (χ3n) is 8.67. The van der Waals surface area contributed by atoms with Gasteiger partial charge in [-0.3, -0.25) is 4.79 Å². The summed E-state index contributed by atoms with van der Waals surface area (Å²) in [5.74, 6) is 3.27. The normalized spacial score (nSPS) is 51.2. The van der Waals surface area contributed by atoms with Gasteiger partial charge in [0.15, 0.2) is 12.1 Å². The summed E-state index contributed by atoms with van der Waals surface area (Å²) in [7, 11) is 0. The van der Waals surface area contributed by atoms with Gasteiger partial charge in [0.1, 0.15) is 0 Å². The Morgan fingerprint density at radius 1 is 1.16 bits per heavy atom. The number of aliphatic hydroxyl groups is 1. The van der Waals surface area contributed by atoms with E-state index in [1.807, 2.05) is 12.2 Å². The zero-order chi connectivity index (χ0) is 17.2. The second kappa shape index (κ2) is 5.53. The number of aliphatic hydroxyl groups excluding tert-OH is 1. The van der Waals surface area contributed by atoms with Crippen LogP contribution in [-0.2, 0) is 9.53 Å². The molecule has 1 spiro atoms. The van der Waals surface area contributed by atoms with Gasteiger partial charge in [-0.15, -0.1) is 0 Å². The van der Waals surface area contributed by atoms with Crippen molar-refractivity contribution in [3.63, 3.8) is 0 Å². The first-order chi connectivity index (χ1) is 12.1. The van der Waals surface area contributed by atoms with Crippen LogP contribution in [0, 0.1) is 29.1 Å². The maximum Gasteiger partial charge on any atom is 0.175 e. The molecule has 4 unspecified atom stereocenters. The first kappa shape index (κ1) is 16.3. The molecule has 0 bridgehead atoms. The summed E-state index contributed by atoms with van der Waals surface area (Å²) < 4.78 is 6.16. The topological polar surface area (TPSA) is 46.5 Å². The third kappa shape index (κ3) is 2.09. The van der Waals surface area contributed by atoms with Gasteiger partial charge in [-0.05, 0) is 87.2 Å². The van der Waals surface area contributed by atoms with Crippen molar-refractivity contribution in [1.29, 1.82) is 0 Å². The van der Waals surface area contributed by atoms with Crippen LogP contribution in [-0.4, -0.2) is 22.8 Å². The number of carbonyl (C=O) groups is 1. The first-order valence-corrected chi connectivity index (χ1v) is 10.4. The molecule has 136 valence electrons. The lowest BCUT2D eigenvalue weighted by molar-refractivity contribution is -0.187. The number of ketones is 1. The van der Waals surface area contributed by atoms with Gasteiger partial charge in [0, 0.05) is 11.8 Å². The summed E-state index contributed by atoms with van der Waals surface area (Å²) in [6, 6.07) is 0. The number of ether oxygens (including phenoxy) is 1. The van der Waals surface area contributed by atoms with E-state index in [-0.39, 0.29) is 11.0 Å². The molecule has 3 fully saturated rings. The zero-order valence-corrected chi connectivity index (χ0v) is 15.2. The van der Waals surface area contributed by atoms with Crippen molar-refractivity contribution in [1.82, 2.24) is 0 Å². The number of hydrogen-bond acceptors (Lipinski definition) is 3. The maximum atomic E-state index is 11.8. The van der Waals surface area contributed by atoms with Crippen LogP contribution in [0.1, 0.15) is 64.7 Å². The van der Waals surface area contributed by atoms with Gasteiger partial charge in [0.25, 0.3) is 0 Å².